The van der Waals surface area contributed by atoms with E-state index in [-0.39, 0.29) is 17.5 Å². The van der Waals surface area contributed by atoms with Crippen LogP contribution in [0.3, 0.4) is 0 Å². The first kappa shape index (κ1) is 28.4. The van der Waals surface area contributed by atoms with Gasteiger partial charge in [0, 0.05) is 11.4 Å². The molecule has 1 aliphatic carbocycles. The van der Waals surface area contributed by atoms with Gasteiger partial charge in [-0.1, -0.05) is 168 Å². The van der Waals surface area contributed by atoms with E-state index in [2.05, 4.69) is 180 Å². The third-order valence-corrected chi connectivity index (χ3v) is 11.0. The number of anilines is 3. The Balaban J connectivity index is 1.47. The molecular formula is C45H40BN. The first-order valence-electron chi connectivity index (χ1n) is 17.1. The zero-order valence-electron chi connectivity index (χ0n) is 28.2. The van der Waals surface area contributed by atoms with Crippen LogP contribution in [0.2, 0.25) is 0 Å². The molecule has 2 heterocycles. The van der Waals surface area contributed by atoms with Crippen LogP contribution in [0.4, 0.5) is 17.1 Å². The molecule has 228 valence electrons. The molecule has 0 atom stereocenters. The molecule has 3 aliphatic rings. The molecule has 0 saturated heterocycles. The summed E-state index contributed by atoms with van der Waals surface area (Å²) in [5.74, 6) is 0. The highest BCUT2D eigenvalue weighted by Gasteiger charge is 2.54. The maximum absolute atomic E-state index is 2.58. The van der Waals surface area contributed by atoms with Crippen molar-refractivity contribution in [1.29, 1.82) is 0 Å². The van der Waals surface area contributed by atoms with Gasteiger partial charge in [-0.05, 0) is 78.4 Å². The highest BCUT2D eigenvalue weighted by atomic mass is 15.2. The number of rotatable bonds is 1. The van der Waals surface area contributed by atoms with Crippen LogP contribution in [0.1, 0.15) is 74.9 Å². The minimum atomic E-state index is -0.459. The van der Waals surface area contributed by atoms with Gasteiger partial charge in [-0.15, -0.1) is 0 Å². The van der Waals surface area contributed by atoms with Crippen molar-refractivity contribution in [3.8, 4) is 11.1 Å². The SMILES string of the molecule is CC(C)(C)c1ccc2c(c1)C1(c3cc(C(C)(C)C)ccc3-2)c2ccccc2N2c3ccccc3B(c3ccccc3)c3cccc1c32. The summed E-state index contributed by atoms with van der Waals surface area (Å²) < 4.78 is 0. The molecule has 1 spiro atoms. The predicted octanol–water partition coefficient (Wildman–Crippen LogP) is 9.26. The van der Waals surface area contributed by atoms with Crippen molar-refractivity contribution in [2.45, 2.75) is 57.8 Å². The standard InChI is InChI=1S/C45H40BN/c1-43(2,3)29-23-25-32-33-26-24-30(44(4,5)6)28-37(33)45(36(32)27-29)34-17-10-12-21-40(34)47-41-22-13-11-19-38(41)46(31-15-8-7-9-16-31)39-20-14-18-35(45)42(39)47/h7-28H,1-6H3. The lowest BCUT2D eigenvalue weighted by Crippen LogP contribution is -2.58. The second kappa shape index (κ2) is 9.61. The number of fused-ring (bicyclic) bond motifs is 11. The van der Waals surface area contributed by atoms with Crippen molar-refractivity contribution in [3.63, 3.8) is 0 Å². The average molecular weight is 606 g/mol. The number of nitrogens with zero attached hydrogens (tertiary/aromatic N) is 1. The Morgan fingerprint density at radius 2 is 1.00 bits per heavy atom. The van der Waals surface area contributed by atoms with Gasteiger partial charge in [0.2, 0.25) is 6.71 Å². The maximum atomic E-state index is 2.58. The second-order valence-corrected chi connectivity index (χ2v) is 15.8. The van der Waals surface area contributed by atoms with E-state index in [9.17, 15) is 0 Å². The fraction of sp³-hybridized carbons (Fsp3) is 0.200. The van der Waals surface area contributed by atoms with Gasteiger partial charge in [-0.25, -0.2) is 0 Å². The zero-order chi connectivity index (χ0) is 32.3. The van der Waals surface area contributed by atoms with Gasteiger partial charge in [0.1, 0.15) is 0 Å². The van der Waals surface area contributed by atoms with E-state index in [1.165, 1.54) is 78.0 Å². The first-order chi connectivity index (χ1) is 22.6. The molecule has 6 aromatic rings. The Morgan fingerprint density at radius 1 is 0.468 bits per heavy atom. The van der Waals surface area contributed by atoms with Crippen molar-refractivity contribution in [2.24, 2.45) is 0 Å². The summed E-state index contributed by atoms with van der Waals surface area (Å²) in [7, 11) is 0. The smallest absolute Gasteiger partial charge is 0.246 e. The largest absolute Gasteiger partial charge is 0.311 e. The molecule has 0 unspecified atom stereocenters. The van der Waals surface area contributed by atoms with Crippen molar-refractivity contribution < 1.29 is 0 Å². The molecule has 47 heavy (non-hydrogen) atoms. The molecule has 0 aromatic heterocycles. The van der Waals surface area contributed by atoms with Crippen molar-refractivity contribution >= 4 is 40.2 Å². The number of para-hydroxylation sites is 3. The average Bonchev–Trinajstić information content (AvgIpc) is 3.35. The lowest BCUT2D eigenvalue weighted by Gasteiger charge is -2.49. The Bertz CT molecular complexity index is 2170. The molecule has 2 aliphatic heterocycles. The number of hydrogen-bond acceptors (Lipinski definition) is 1. The van der Waals surface area contributed by atoms with Gasteiger partial charge in [0.25, 0.3) is 0 Å². The summed E-state index contributed by atoms with van der Waals surface area (Å²) in [6.07, 6.45) is 0. The minimum Gasteiger partial charge on any atom is -0.311 e. The molecular weight excluding hydrogens is 565 g/mol. The third-order valence-electron chi connectivity index (χ3n) is 11.0. The molecule has 0 N–H and O–H groups in total. The molecule has 0 radical (unpaired) electrons. The molecule has 9 rings (SSSR count). The normalized spacial score (nSPS) is 15.1. The quantitative estimate of drug-likeness (QED) is 0.169. The Labute approximate surface area is 280 Å². The number of hydrogen-bond donors (Lipinski definition) is 0. The van der Waals surface area contributed by atoms with Gasteiger partial charge < -0.3 is 4.90 Å². The predicted molar refractivity (Wildman–Crippen MR) is 200 cm³/mol. The fourth-order valence-electron chi connectivity index (χ4n) is 8.79. The van der Waals surface area contributed by atoms with Crippen LogP contribution in [-0.2, 0) is 16.2 Å². The summed E-state index contributed by atoms with van der Waals surface area (Å²) in [5, 5.41) is 0. The van der Waals surface area contributed by atoms with Crippen molar-refractivity contribution in [2.75, 3.05) is 4.90 Å². The maximum Gasteiger partial charge on any atom is 0.246 e. The second-order valence-electron chi connectivity index (χ2n) is 15.8. The van der Waals surface area contributed by atoms with Gasteiger partial charge in [0.05, 0.1) is 11.1 Å². The Morgan fingerprint density at radius 3 is 1.64 bits per heavy atom. The fourth-order valence-corrected chi connectivity index (χ4v) is 8.79. The first-order valence-corrected chi connectivity index (χ1v) is 17.1. The Kier molecular flexibility index (Phi) is 5.81. The van der Waals surface area contributed by atoms with E-state index >= 15 is 0 Å². The van der Waals surface area contributed by atoms with E-state index in [1.807, 2.05) is 0 Å². The molecule has 0 saturated carbocycles. The van der Waals surface area contributed by atoms with Crippen LogP contribution in [-0.4, -0.2) is 6.71 Å². The van der Waals surface area contributed by atoms with E-state index in [1.54, 1.807) is 0 Å². The van der Waals surface area contributed by atoms with Crippen LogP contribution in [0.5, 0.6) is 0 Å². The zero-order valence-corrected chi connectivity index (χ0v) is 28.2. The minimum absolute atomic E-state index is 0.0231. The third kappa shape index (κ3) is 3.79. The summed E-state index contributed by atoms with van der Waals surface area (Å²) in [5.41, 5.74) is 18.5. The van der Waals surface area contributed by atoms with Crippen LogP contribution in [0.25, 0.3) is 11.1 Å². The molecule has 1 nitrogen and oxygen atoms in total. The lowest BCUT2D eigenvalue weighted by atomic mass is 9.34. The van der Waals surface area contributed by atoms with Gasteiger partial charge in [-0.2, -0.15) is 0 Å². The Hall–Kier alpha value is -4.82. The van der Waals surface area contributed by atoms with Crippen molar-refractivity contribution in [1.82, 2.24) is 0 Å². The molecule has 6 aromatic carbocycles. The lowest BCUT2D eigenvalue weighted by molar-refractivity contribution is 0.586. The summed E-state index contributed by atoms with van der Waals surface area (Å²) >= 11 is 0. The summed E-state index contributed by atoms with van der Waals surface area (Å²) in [6.45, 7) is 14.2. The van der Waals surface area contributed by atoms with Crippen LogP contribution in [0.15, 0.2) is 133 Å². The summed E-state index contributed by atoms with van der Waals surface area (Å²) in [4.78, 5) is 2.58. The summed E-state index contributed by atoms with van der Waals surface area (Å²) in [6, 6.07) is 51.2. The topological polar surface area (TPSA) is 3.24 Å². The van der Waals surface area contributed by atoms with Crippen LogP contribution in [0, 0.1) is 0 Å². The molecule has 0 fully saturated rings. The van der Waals surface area contributed by atoms with E-state index < -0.39 is 5.41 Å². The number of benzene rings is 6. The van der Waals surface area contributed by atoms with Crippen LogP contribution >= 0.6 is 0 Å². The van der Waals surface area contributed by atoms with Gasteiger partial charge in [0.15, 0.2) is 0 Å². The van der Waals surface area contributed by atoms with E-state index in [0.29, 0.717) is 0 Å². The highest BCUT2D eigenvalue weighted by Crippen LogP contribution is 2.64. The van der Waals surface area contributed by atoms with Crippen molar-refractivity contribution in [3.05, 3.63) is 167 Å². The molecule has 0 amide bonds. The molecule has 2 heteroatoms. The van der Waals surface area contributed by atoms with E-state index in [4.69, 9.17) is 0 Å². The van der Waals surface area contributed by atoms with Gasteiger partial charge in [-0.3, -0.25) is 0 Å². The molecule has 0 bridgehead atoms. The van der Waals surface area contributed by atoms with E-state index in [0.717, 1.165) is 0 Å². The van der Waals surface area contributed by atoms with Gasteiger partial charge >= 0.3 is 0 Å². The highest BCUT2D eigenvalue weighted by molar-refractivity contribution is 6.98. The van der Waals surface area contributed by atoms with Crippen LogP contribution < -0.4 is 21.3 Å². The monoisotopic (exact) mass is 605 g/mol.